The summed E-state index contributed by atoms with van der Waals surface area (Å²) in [7, 11) is 1.78. The SMILES string of the molecule is Cc1ccc(CCCC(=O)Nc2ccc3c(c2)C(=O)N(C)C3)s1. The fraction of sp³-hybridized carbons (Fsp3) is 0.333. The second kappa shape index (κ2) is 6.54. The first-order chi connectivity index (χ1) is 11.0. The molecule has 0 aliphatic carbocycles. The molecular formula is C18H20N2O2S. The molecule has 0 unspecified atom stereocenters. The number of hydrogen-bond donors (Lipinski definition) is 1. The summed E-state index contributed by atoms with van der Waals surface area (Å²) in [5.41, 5.74) is 2.41. The van der Waals surface area contributed by atoms with Crippen LogP contribution in [0, 0.1) is 6.92 Å². The third kappa shape index (κ3) is 3.62. The van der Waals surface area contributed by atoms with E-state index < -0.39 is 0 Å². The van der Waals surface area contributed by atoms with Gasteiger partial charge in [-0.25, -0.2) is 0 Å². The van der Waals surface area contributed by atoms with Gasteiger partial charge in [0.15, 0.2) is 0 Å². The zero-order valence-corrected chi connectivity index (χ0v) is 14.2. The van der Waals surface area contributed by atoms with E-state index in [1.165, 1.54) is 9.75 Å². The van der Waals surface area contributed by atoms with E-state index in [1.54, 1.807) is 29.4 Å². The van der Waals surface area contributed by atoms with Crippen LogP contribution in [0.25, 0.3) is 0 Å². The van der Waals surface area contributed by atoms with E-state index in [-0.39, 0.29) is 11.8 Å². The molecule has 1 aromatic carbocycles. The molecule has 0 saturated carbocycles. The lowest BCUT2D eigenvalue weighted by Gasteiger charge is -2.06. The average molecular weight is 328 g/mol. The van der Waals surface area contributed by atoms with Gasteiger partial charge in [-0.05, 0) is 49.6 Å². The Morgan fingerprint density at radius 3 is 2.87 bits per heavy atom. The van der Waals surface area contributed by atoms with Crippen LogP contribution in [0.4, 0.5) is 5.69 Å². The number of anilines is 1. The summed E-state index contributed by atoms with van der Waals surface area (Å²) < 4.78 is 0. The fourth-order valence-corrected chi connectivity index (χ4v) is 3.72. The Morgan fingerprint density at radius 2 is 2.13 bits per heavy atom. The first kappa shape index (κ1) is 15.7. The molecule has 2 aromatic rings. The number of hydrogen-bond acceptors (Lipinski definition) is 3. The second-order valence-corrected chi connectivity index (χ2v) is 7.32. The zero-order valence-electron chi connectivity index (χ0n) is 13.4. The van der Waals surface area contributed by atoms with Gasteiger partial charge >= 0.3 is 0 Å². The zero-order chi connectivity index (χ0) is 16.4. The molecule has 0 fully saturated rings. The topological polar surface area (TPSA) is 49.4 Å². The monoisotopic (exact) mass is 328 g/mol. The van der Waals surface area contributed by atoms with Gasteiger partial charge in [0.25, 0.3) is 5.91 Å². The van der Waals surface area contributed by atoms with Crippen molar-refractivity contribution in [1.29, 1.82) is 0 Å². The second-order valence-electron chi connectivity index (χ2n) is 5.95. The molecular weight excluding hydrogens is 308 g/mol. The number of nitrogens with one attached hydrogen (secondary N) is 1. The third-order valence-corrected chi connectivity index (χ3v) is 5.06. The van der Waals surface area contributed by atoms with Gasteiger partial charge in [0.1, 0.15) is 0 Å². The van der Waals surface area contributed by atoms with Crippen molar-refractivity contribution in [3.8, 4) is 0 Å². The molecule has 0 bridgehead atoms. The Balaban J connectivity index is 1.53. The standard InChI is InChI=1S/C18H20N2O2S/c1-12-6-9-15(23-12)4-3-5-17(21)19-14-8-7-13-11-20(2)18(22)16(13)10-14/h6-10H,3-5,11H2,1-2H3,(H,19,21). The highest BCUT2D eigenvalue weighted by molar-refractivity contribution is 7.11. The highest BCUT2D eigenvalue weighted by Crippen LogP contribution is 2.25. The number of nitrogens with zero attached hydrogens (tertiary/aromatic N) is 1. The number of carbonyl (C=O) groups excluding carboxylic acids is 2. The maximum Gasteiger partial charge on any atom is 0.254 e. The Morgan fingerprint density at radius 1 is 1.30 bits per heavy atom. The lowest BCUT2D eigenvalue weighted by atomic mass is 10.1. The Kier molecular flexibility index (Phi) is 4.48. The van der Waals surface area contributed by atoms with Crippen molar-refractivity contribution >= 4 is 28.8 Å². The van der Waals surface area contributed by atoms with E-state index in [0.717, 1.165) is 18.4 Å². The fourth-order valence-electron chi connectivity index (χ4n) is 2.79. The largest absolute Gasteiger partial charge is 0.337 e. The molecule has 1 aromatic heterocycles. The molecule has 2 amide bonds. The molecule has 3 rings (SSSR count). The van der Waals surface area contributed by atoms with Crippen molar-refractivity contribution in [1.82, 2.24) is 4.90 Å². The Bertz CT molecular complexity index is 751. The van der Waals surface area contributed by atoms with Crippen LogP contribution in [0.3, 0.4) is 0 Å². The Hall–Kier alpha value is -2.14. The number of carbonyl (C=O) groups is 2. The smallest absolute Gasteiger partial charge is 0.254 e. The van der Waals surface area contributed by atoms with Crippen LogP contribution in [0.5, 0.6) is 0 Å². The molecule has 0 saturated heterocycles. The van der Waals surface area contributed by atoms with Gasteiger partial charge in [0.05, 0.1) is 0 Å². The molecule has 5 heteroatoms. The van der Waals surface area contributed by atoms with E-state index in [1.807, 2.05) is 12.1 Å². The molecule has 23 heavy (non-hydrogen) atoms. The molecule has 0 atom stereocenters. The quantitative estimate of drug-likeness (QED) is 0.911. The van der Waals surface area contributed by atoms with Gasteiger partial charge < -0.3 is 10.2 Å². The van der Waals surface area contributed by atoms with Gasteiger partial charge in [-0.2, -0.15) is 0 Å². The lowest BCUT2D eigenvalue weighted by molar-refractivity contribution is -0.116. The minimum atomic E-state index is -0.00275. The van der Waals surface area contributed by atoms with Crippen LogP contribution in [0.15, 0.2) is 30.3 Å². The summed E-state index contributed by atoms with van der Waals surface area (Å²) in [6.45, 7) is 2.73. The van der Waals surface area contributed by atoms with Crippen molar-refractivity contribution < 1.29 is 9.59 Å². The van der Waals surface area contributed by atoms with Crippen molar-refractivity contribution in [3.63, 3.8) is 0 Å². The van der Waals surface area contributed by atoms with Crippen molar-refractivity contribution in [2.75, 3.05) is 12.4 Å². The van der Waals surface area contributed by atoms with Crippen molar-refractivity contribution in [3.05, 3.63) is 51.2 Å². The van der Waals surface area contributed by atoms with E-state index in [0.29, 0.717) is 24.2 Å². The summed E-state index contributed by atoms with van der Waals surface area (Å²) in [5, 5.41) is 2.89. The highest BCUT2D eigenvalue weighted by atomic mass is 32.1. The number of benzene rings is 1. The molecule has 1 N–H and O–H groups in total. The van der Waals surface area contributed by atoms with E-state index in [9.17, 15) is 9.59 Å². The lowest BCUT2D eigenvalue weighted by Crippen LogP contribution is -2.17. The van der Waals surface area contributed by atoms with Crippen LogP contribution >= 0.6 is 11.3 Å². The number of rotatable bonds is 5. The van der Waals surface area contributed by atoms with Gasteiger partial charge in [0, 0.05) is 41.0 Å². The van der Waals surface area contributed by atoms with Crippen LogP contribution in [-0.2, 0) is 17.8 Å². The van der Waals surface area contributed by atoms with Gasteiger partial charge in [0.2, 0.25) is 5.91 Å². The summed E-state index contributed by atoms with van der Waals surface area (Å²) >= 11 is 1.78. The first-order valence-corrected chi connectivity index (χ1v) is 8.58. The first-order valence-electron chi connectivity index (χ1n) is 7.76. The number of amides is 2. The van der Waals surface area contributed by atoms with E-state index in [2.05, 4.69) is 24.4 Å². The summed E-state index contributed by atoms with van der Waals surface area (Å²) in [5.74, 6) is 0.0150. The summed E-state index contributed by atoms with van der Waals surface area (Å²) in [6.07, 6.45) is 2.25. The highest BCUT2D eigenvalue weighted by Gasteiger charge is 2.24. The molecule has 4 nitrogen and oxygen atoms in total. The molecule has 120 valence electrons. The molecule has 1 aliphatic heterocycles. The molecule has 2 heterocycles. The molecule has 1 aliphatic rings. The van der Waals surface area contributed by atoms with Crippen LogP contribution < -0.4 is 5.32 Å². The summed E-state index contributed by atoms with van der Waals surface area (Å²) in [4.78, 5) is 28.3. The van der Waals surface area contributed by atoms with Crippen molar-refractivity contribution in [2.24, 2.45) is 0 Å². The number of aryl methyl sites for hydroxylation is 2. The van der Waals surface area contributed by atoms with Gasteiger partial charge in [-0.15, -0.1) is 11.3 Å². The molecule has 0 spiro atoms. The maximum atomic E-state index is 12.1. The maximum absolute atomic E-state index is 12.1. The van der Waals surface area contributed by atoms with E-state index in [4.69, 9.17) is 0 Å². The summed E-state index contributed by atoms with van der Waals surface area (Å²) in [6, 6.07) is 9.80. The molecule has 0 radical (unpaired) electrons. The third-order valence-electron chi connectivity index (χ3n) is 4.00. The number of thiophene rings is 1. The Labute approximate surface area is 140 Å². The van der Waals surface area contributed by atoms with Crippen LogP contribution in [0.1, 0.15) is 38.5 Å². The van der Waals surface area contributed by atoms with Gasteiger partial charge in [-0.3, -0.25) is 9.59 Å². The minimum absolute atomic E-state index is 0.00275. The normalized spacial score (nSPS) is 13.3. The van der Waals surface area contributed by atoms with Crippen LogP contribution in [-0.4, -0.2) is 23.8 Å². The number of fused-ring (bicyclic) bond motifs is 1. The average Bonchev–Trinajstić information content (AvgIpc) is 3.04. The van der Waals surface area contributed by atoms with Crippen molar-refractivity contribution in [2.45, 2.75) is 32.7 Å². The predicted molar refractivity (Wildman–Crippen MR) is 92.9 cm³/mol. The minimum Gasteiger partial charge on any atom is -0.337 e. The van der Waals surface area contributed by atoms with E-state index >= 15 is 0 Å². The van der Waals surface area contributed by atoms with Crippen LogP contribution in [0.2, 0.25) is 0 Å². The predicted octanol–water partition coefficient (Wildman–Crippen LogP) is 3.60. The van der Waals surface area contributed by atoms with Gasteiger partial charge in [-0.1, -0.05) is 6.07 Å².